The van der Waals surface area contributed by atoms with Crippen LogP contribution < -0.4 is 4.74 Å². The number of amides is 1. The van der Waals surface area contributed by atoms with E-state index in [-0.39, 0.29) is 17.8 Å². The largest absolute Gasteiger partial charge is 0.497 e. The first-order valence-corrected chi connectivity index (χ1v) is 10.7. The van der Waals surface area contributed by atoms with E-state index in [4.69, 9.17) is 9.47 Å². The Kier molecular flexibility index (Phi) is 7.04. The third kappa shape index (κ3) is 4.89. The first-order chi connectivity index (χ1) is 13.4. The lowest BCUT2D eigenvalue weighted by Crippen LogP contribution is -2.58. The van der Waals surface area contributed by atoms with Gasteiger partial charge in [0.05, 0.1) is 25.4 Å². The number of benzene rings is 1. The lowest BCUT2D eigenvalue weighted by Gasteiger charge is -2.45. The predicted molar refractivity (Wildman–Crippen MR) is 109 cm³/mol. The molecule has 2 N–H and O–H groups in total. The maximum Gasteiger partial charge on any atom is 0.282 e. The Labute approximate surface area is 170 Å². The van der Waals surface area contributed by atoms with Gasteiger partial charge < -0.3 is 24.6 Å². The van der Waals surface area contributed by atoms with E-state index in [1.807, 2.05) is 30.3 Å². The molecule has 1 amide bonds. The number of hydrogen-bond donors (Lipinski definition) is 2. The zero-order chi connectivity index (χ0) is 20.1. The third-order valence-electron chi connectivity index (χ3n) is 5.38. The Morgan fingerprint density at radius 1 is 1.43 bits per heavy atom. The summed E-state index contributed by atoms with van der Waals surface area (Å²) >= 11 is 1.18. The van der Waals surface area contributed by atoms with Crippen molar-refractivity contribution in [3.8, 4) is 5.75 Å². The Bertz CT molecular complexity index is 682. The van der Waals surface area contributed by atoms with Crippen molar-refractivity contribution in [2.24, 2.45) is 0 Å². The minimum Gasteiger partial charge on any atom is -0.497 e. The van der Waals surface area contributed by atoms with Gasteiger partial charge in [0.1, 0.15) is 5.75 Å². The van der Waals surface area contributed by atoms with Gasteiger partial charge in [0.25, 0.3) is 5.24 Å². The molecule has 28 heavy (non-hydrogen) atoms. The number of carbonyl (C=O) groups is 1. The van der Waals surface area contributed by atoms with Crippen LogP contribution in [-0.4, -0.2) is 57.3 Å². The molecule has 0 saturated carbocycles. The summed E-state index contributed by atoms with van der Waals surface area (Å²) in [5.74, 6) is -0.345. The van der Waals surface area contributed by atoms with Crippen LogP contribution in [0.4, 0.5) is 4.79 Å². The number of aliphatic hydroxyl groups is 2. The molecule has 0 radical (unpaired) electrons. The molecule has 2 saturated heterocycles. The molecule has 1 aromatic carbocycles. The highest BCUT2D eigenvalue weighted by atomic mass is 32.2. The van der Waals surface area contributed by atoms with Gasteiger partial charge in [-0.25, -0.2) is 0 Å². The third-order valence-corrected chi connectivity index (χ3v) is 6.34. The van der Waals surface area contributed by atoms with Crippen molar-refractivity contribution < 1.29 is 24.5 Å². The van der Waals surface area contributed by atoms with Gasteiger partial charge >= 0.3 is 0 Å². The predicted octanol–water partition coefficient (Wildman–Crippen LogP) is 3.32. The Hall–Kier alpha value is -1.54. The van der Waals surface area contributed by atoms with Crippen LogP contribution in [0.1, 0.15) is 37.7 Å². The number of carbonyl (C=O) groups excluding carboxylic acids is 1. The fourth-order valence-electron chi connectivity index (χ4n) is 3.92. The topological polar surface area (TPSA) is 79.2 Å². The van der Waals surface area contributed by atoms with Crippen LogP contribution in [0.3, 0.4) is 0 Å². The normalized spacial score (nSPS) is 30.5. The molecule has 0 aliphatic carbocycles. The molecule has 2 fully saturated rings. The minimum absolute atomic E-state index is 0.0823. The number of unbranched alkanes of at least 4 members (excludes halogenated alkanes) is 1. The number of rotatable bonds is 8. The van der Waals surface area contributed by atoms with E-state index in [1.54, 1.807) is 12.0 Å². The van der Waals surface area contributed by atoms with Gasteiger partial charge in [-0.1, -0.05) is 30.0 Å². The van der Waals surface area contributed by atoms with E-state index in [1.165, 1.54) is 11.8 Å². The van der Waals surface area contributed by atoms with Crippen molar-refractivity contribution in [2.75, 3.05) is 12.9 Å². The molecule has 0 aromatic heterocycles. The molecule has 4 atom stereocenters. The van der Waals surface area contributed by atoms with Crippen LogP contribution in [0.5, 0.6) is 5.75 Å². The number of thioether (sulfide) groups is 1. The van der Waals surface area contributed by atoms with Crippen LogP contribution in [0, 0.1) is 0 Å². The van der Waals surface area contributed by atoms with Crippen LogP contribution in [-0.2, 0) is 11.3 Å². The second kappa shape index (κ2) is 9.31. The number of aliphatic hydroxyl groups excluding tert-OH is 1. The van der Waals surface area contributed by atoms with E-state index in [0.29, 0.717) is 18.7 Å². The van der Waals surface area contributed by atoms with E-state index in [0.717, 1.165) is 30.6 Å². The maximum absolute atomic E-state index is 12.5. The summed E-state index contributed by atoms with van der Waals surface area (Å²) in [4.78, 5) is 14.2. The molecule has 1 unspecified atom stereocenters. The quantitative estimate of drug-likeness (QED) is 0.508. The molecule has 0 spiro atoms. The summed E-state index contributed by atoms with van der Waals surface area (Å²) in [6.07, 6.45) is 4.12. The second-order valence-corrected chi connectivity index (χ2v) is 8.44. The number of hydrogen-bond acceptors (Lipinski definition) is 6. The Morgan fingerprint density at radius 3 is 2.86 bits per heavy atom. The van der Waals surface area contributed by atoms with Crippen molar-refractivity contribution >= 4 is 17.0 Å². The summed E-state index contributed by atoms with van der Waals surface area (Å²) in [6.45, 7) is 4.10. The first kappa shape index (κ1) is 21.2. The van der Waals surface area contributed by atoms with Gasteiger partial charge in [0.15, 0.2) is 5.79 Å². The smallest absolute Gasteiger partial charge is 0.282 e. The zero-order valence-corrected chi connectivity index (χ0v) is 17.1. The van der Waals surface area contributed by atoms with Crippen molar-refractivity contribution in [1.82, 2.24) is 4.90 Å². The van der Waals surface area contributed by atoms with Crippen LogP contribution in [0.25, 0.3) is 0 Å². The highest BCUT2D eigenvalue weighted by Gasteiger charge is 2.51. The zero-order valence-electron chi connectivity index (χ0n) is 16.3. The van der Waals surface area contributed by atoms with Gasteiger partial charge in [-0.15, -0.1) is 6.58 Å². The molecule has 2 aliphatic rings. The Balaban J connectivity index is 1.72. The average molecular weight is 408 g/mol. The Morgan fingerprint density at radius 2 is 2.18 bits per heavy atom. The molecule has 0 bridgehead atoms. The van der Waals surface area contributed by atoms with Crippen LogP contribution >= 0.6 is 11.8 Å². The minimum atomic E-state index is -1.54. The summed E-state index contributed by atoms with van der Waals surface area (Å²) in [5.41, 5.74) is 0.948. The molecule has 1 aromatic rings. The van der Waals surface area contributed by atoms with Gasteiger partial charge in [-0.05, 0) is 43.4 Å². The maximum atomic E-state index is 12.5. The first-order valence-electron chi connectivity index (χ1n) is 9.70. The number of methoxy groups -OCH3 is 1. The second-order valence-electron chi connectivity index (χ2n) is 7.47. The fraction of sp³-hybridized carbons (Fsp3) is 0.571. The molecular weight excluding hydrogens is 378 g/mol. The molecule has 6 nitrogen and oxygen atoms in total. The average Bonchev–Trinajstić information content (AvgIpc) is 3.03. The monoisotopic (exact) mass is 407 g/mol. The van der Waals surface area contributed by atoms with Crippen molar-refractivity contribution in [1.29, 1.82) is 0 Å². The molecule has 3 rings (SSSR count). The highest BCUT2D eigenvalue weighted by molar-refractivity contribution is 8.13. The molecule has 7 heteroatoms. The van der Waals surface area contributed by atoms with Gasteiger partial charge in [0, 0.05) is 18.7 Å². The number of allylic oxidation sites excluding steroid dienone is 1. The van der Waals surface area contributed by atoms with Crippen molar-refractivity contribution in [2.45, 2.75) is 62.7 Å². The van der Waals surface area contributed by atoms with Crippen LogP contribution in [0.2, 0.25) is 0 Å². The lowest BCUT2D eigenvalue weighted by atomic mass is 9.91. The number of nitrogens with zero attached hydrogens (tertiary/aromatic N) is 1. The summed E-state index contributed by atoms with van der Waals surface area (Å²) in [6, 6.07) is 7.02. The SMILES string of the molecule is C=CCCC[C@@H]1C[C@H](O)C[C@](O)(C2CSC(=O)N2Cc2ccc(OC)cc2)O1. The van der Waals surface area contributed by atoms with E-state index in [2.05, 4.69) is 6.58 Å². The van der Waals surface area contributed by atoms with E-state index >= 15 is 0 Å². The summed E-state index contributed by atoms with van der Waals surface area (Å²) in [7, 11) is 1.61. The molecule has 154 valence electrons. The number of ether oxygens (including phenoxy) is 2. The van der Waals surface area contributed by atoms with E-state index in [9.17, 15) is 15.0 Å². The lowest BCUT2D eigenvalue weighted by molar-refractivity contribution is -0.292. The highest BCUT2D eigenvalue weighted by Crippen LogP contribution is 2.40. The van der Waals surface area contributed by atoms with Gasteiger partial charge in [-0.2, -0.15) is 0 Å². The summed E-state index contributed by atoms with van der Waals surface area (Å²) < 4.78 is 11.2. The van der Waals surface area contributed by atoms with Crippen LogP contribution in [0.15, 0.2) is 36.9 Å². The summed E-state index contributed by atoms with van der Waals surface area (Å²) in [5, 5.41) is 21.6. The molecule has 2 aliphatic heterocycles. The molecular formula is C21H29NO5S. The van der Waals surface area contributed by atoms with Crippen molar-refractivity contribution in [3.63, 3.8) is 0 Å². The van der Waals surface area contributed by atoms with Crippen molar-refractivity contribution in [3.05, 3.63) is 42.5 Å². The standard InChI is InChI=1S/C21H29NO5S/c1-3-4-5-6-18-11-16(23)12-21(25,27-18)19-14-28-20(24)22(19)13-15-7-9-17(26-2)10-8-15/h3,7-10,16,18-19,23,25H,1,4-6,11-14H2,2H3/t16-,18+,19?,21+/m0/s1. The van der Waals surface area contributed by atoms with Gasteiger partial charge in [0.2, 0.25) is 0 Å². The van der Waals surface area contributed by atoms with E-state index < -0.39 is 17.9 Å². The van der Waals surface area contributed by atoms with Gasteiger partial charge in [-0.3, -0.25) is 4.79 Å². The molecule has 2 heterocycles. The fourth-order valence-corrected chi connectivity index (χ4v) is 5.02.